The molecule has 1 aromatic heterocycles. The number of alkyl halides is 3. The number of piperidine rings is 1. The van der Waals surface area contributed by atoms with Crippen LogP contribution in [0.15, 0.2) is 6.07 Å². The number of β-amino-alcohol motifs (C(OH)–C–C–N with tert-alkyl or cyclic N) is 1. The fraction of sp³-hybridized carbons (Fsp3) is 0.643. The molecule has 2 aliphatic heterocycles. The van der Waals surface area contributed by atoms with Gasteiger partial charge in [-0.15, -0.1) is 0 Å². The first-order valence-corrected chi connectivity index (χ1v) is 7.46. The SMILES string of the molecule is CN(C)c1cc(C(F)(F)F)nc(N2CC3(CC(O)CNC3=O)C2)n1. The lowest BCUT2D eigenvalue weighted by Gasteiger charge is -2.51. The van der Waals surface area contributed by atoms with Crippen LogP contribution in [0.4, 0.5) is 24.9 Å². The van der Waals surface area contributed by atoms with Crippen LogP contribution in [0.5, 0.6) is 0 Å². The number of rotatable bonds is 2. The largest absolute Gasteiger partial charge is 0.433 e. The summed E-state index contributed by atoms with van der Waals surface area (Å²) in [4.78, 5) is 22.8. The molecule has 1 aromatic rings. The van der Waals surface area contributed by atoms with Gasteiger partial charge in [0.25, 0.3) is 0 Å². The molecule has 1 amide bonds. The molecule has 0 bridgehead atoms. The van der Waals surface area contributed by atoms with Crippen LogP contribution >= 0.6 is 0 Å². The number of nitrogens with zero attached hydrogens (tertiary/aromatic N) is 4. The molecule has 2 fully saturated rings. The van der Waals surface area contributed by atoms with Gasteiger partial charge in [-0.2, -0.15) is 18.2 Å². The highest BCUT2D eigenvalue weighted by Crippen LogP contribution is 2.40. The van der Waals surface area contributed by atoms with E-state index in [9.17, 15) is 23.1 Å². The lowest BCUT2D eigenvalue weighted by atomic mass is 9.72. The maximum Gasteiger partial charge on any atom is 0.433 e. The van der Waals surface area contributed by atoms with Gasteiger partial charge in [0.15, 0.2) is 5.69 Å². The molecule has 0 aromatic carbocycles. The summed E-state index contributed by atoms with van der Waals surface area (Å²) in [6, 6.07) is 0.885. The van der Waals surface area contributed by atoms with Crippen LogP contribution in [-0.2, 0) is 11.0 Å². The molecular formula is C14H18F3N5O2. The number of anilines is 2. The third kappa shape index (κ3) is 2.85. The topological polar surface area (TPSA) is 81.6 Å². The third-order valence-corrected chi connectivity index (χ3v) is 4.33. The molecule has 1 spiro atoms. The number of nitrogens with one attached hydrogen (secondary N) is 1. The van der Waals surface area contributed by atoms with Crippen molar-refractivity contribution in [1.82, 2.24) is 15.3 Å². The Bertz CT molecular complexity index is 658. The summed E-state index contributed by atoms with van der Waals surface area (Å²) in [5.41, 5.74) is -1.81. The zero-order chi connectivity index (χ0) is 17.7. The van der Waals surface area contributed by atoms with Gasteiger partial charge in [0.1, 0.15) is 5.82 Å². The molecule has 2 saturated heterocycles. The van der Waals surface area contributed by atoms with Crippen molar-refractivity contribution in [2.45, 2.75) is 18.7 Å². The van der Waals surface area contributed by atoms with Crippen molar-refractivity contribution >= 4 is 17.7 Å². The number of hydrogen-bond donors (Lipinski definition) is 2. The molecule has 3 heterocycles. The van der Waals surface area contributed by atoms with E-state index in [1.165, 1.54) is 9.80 Å². The highest BCUT2D eigenvalue weighted by Gasteiger charge is 2.53. The first-order chi connectivity index (χ1) is 11.1. The summed E-state index contributed by atoms with van der Waals surface area (Å²) >= 11 is 0. The monoisotopic (exact) mass is 345 g/mol. The van der Waals surface area contributed by atoms with Gasteiger partial charge in [0.2, 0.25) is 11.9 Å². The Kier molecular flexibility index (Phi) is 3.82. The summed E-state index contributed by atoms with van der Waals surface area (Å²) in [6.45, 7) is 0.569. The molecule has 132 valence electrons. The molecule has 2 aliphatic rings. The summed E-state index contributed by atoms with van der Waals surface area (Å²) in [7, 11) is 3.18. The van der Waals surface area contributed by atoms with Gasteiger partial charge in [-0.1, -0.05) is 0 Å². The molecule has 0 aliphatic carbocycles. The van der Waals surface area contributed by atoms with E-state index >= 15 is 0 Å². The van der Waals surface area contributed by atoms with Gasteiger partial charge in [-0.25, -0.2) is 4.98 Å². The normalized spacial score (nSPS) is 23.0. The molecule has 2 N–H and O–H groups in total. The molecular weight excluding hydrogens is 327 g/mol. The Balaban J connectivity index is 1.86. The molecule has 1 unspecified atom stereocenters. The zero-order valence-corrected chi connectivity index (χ0v) is 13.3. The number of carbonyl (C=O) groups excluding carboxylic acids is 1. The average molecular weight is 345 g/mol. The van der Waals surface area contributed by atoms with Gasteiger partial charge in [0.05, 0.1) is 11.5 Å². The van der Waals surface area contributed by atoms with E-state index in [1.54, 1.807) is 14.1 Å². The standard InChI is InChI=1S/C14H18F3N5O2/c1-21(2)10-3-9(14(15,16)17)19-12(20-10)22-6-13(7-22)4-8(23)5-18-11(13)24/h3,8,23H,4-7H2,1-2H3,(H,18,24). The summed E-state index contributed by atoms with van der Waals surface area (Å²) in [5.74, 6) is -0.114. The second kappa shape index (κ2) is 5.47. The predicted octanol–water partition coefficient (Wildman–Crippen LogP) is 0.249. The first kappa shape index (κ1) is 16.7. The summed E-state index contributed by atoms with van der Waals surface area (Å²) in [6.07, 6.45) is -4.94. The minimum absolute atomic E-state index is 0.0630. The quantitative estimate of drug-likeness (QED) is 0.800. The Morgan fingerprint density at radius 1 is 1.38 bits per heavy atom. The second-order valence-electron chi connectivity index (χ2n) is 6.51. The van der Waals surface area contributed by atoms with E-state index in [-0.39, 0.29) is 43.7 Å². The van der Waals surface area contributed by atoms with Crippen LogP contribution < -0.4 is 15.1 Å². The zero-order valence-electron chi connectivity index (χ0n) is 13.3. The van der Waals surface area contributed by atoms with E-state index in [1.807, 2.05) is 0 Å². The number of aliphatic hydroxyl groups excluding tert-OH is 1. The van der Waals surface area contributed by atoms with Crippen molar-refractivity contribution in [3.8, 4) is 0 Å². The van der Waals surface area contributed by atoms with Crippen molar-refractivity contribution in [1.29, 1.82) is 0 Å². The molecule has 24 heavy (non-hydrogen) atoms. The number of amides is 1. The van der Waals surface area contributed by atoms with Crippen molar-refractivity contribution in [3.63, 3.8) is 0 Å². The van der Waals surface area contributed by atoms with E-state index in [0.717, 1.165) is 6.07 Å². The number of aromatic nitrogens is 2. The molecule has 3 rings (SSSR count). The Labute approximate surface area is 136 Å². The van der Waals surface area contributed by atoms with Crippen molar-refractivity contribution in [2.24, 2.45) is 5.41 Å². The lowest BCUT2D eigenvalue weighted by molar-refractivity contribution is -0.142. The minimum Gasteiger partial charge on any atom is -0.391 e. The number of aliphatic hydroxyl groups is 1. The van der Waals surface area contributed by atoms with Crippen molar-refractivity contribution < 1.29 is 23.1 Å². The Hall–Kier alpha value is -2.10. The van der Waals surface area contributed by atoms with Crippen molar-refractivity contribution in [2.75, 3.05) is 43.5 Å². The summed E-state index contributed by atoms with van der Waals surface area (Å²) < 4.78 is 39.1. The lowest BCUT2D eigenvalue weighted by Crippen LogP contribution is -2.68. The molecule has 10 heteroatoms. The highest BCUT2D eigenvalue weighted by molar-refractivity contribution is 5.86. The molecule has 0 saturated carbocycles. The van der Waals surface area contributed by atoms with Crippen LogP contribution in [0.3, 0.4) is 0 Å². The van der Waals surface area contributed by atoms with Crippen LogP contribution in [0.2, 0.25) is 0 Å². The predicted molar refractivity (Wildman–Crippen MR) is 79.6 cm³/mol. The van der Waals surface area contributed by atoms with Crippen LogP contribution in [0.1, 0.15) is 12.1 Å². The smallest absolute Gasteiger partial charge is 0.391 e. The first-order valence-electron chi connectivity index (χ1n) is 7.46. The fourth-order valence-corrected chi connectivity index (χ4v) is 3.05. The fourth-order valence-electron chi connectivity index (χ4n) is 3.05. The number of halogens is 3. The average Bonchev–Trinajstić information content (AvgIpc) is 2.46. The van der Waals surface area contributed by atoms with Crippen molar-refractivity contribution in [3.05, 3.63) is 11.8 Å². The van der Waals surface area contributed by atoms with E-state index in [2.05, 4.69) is 15.3 Å². The second-order valence-corrected chi connectivity index (χ2v) is 6.51. The van der Waals surface area contributed by atoms with E-state index < -0.39 is 23.4 Å². The van der Waals surface area contributed by atoms with Gasteiger partial charge in [0, 0.05) is 39.8 Å². The maximum atomic E-state index is 13.0. The number of hydrogen-bond acceptors (Lipinski definition) is 6. The highest BCUT2D eigenvalue weighted by atomic mass is 19.4. The molecule has 1 atom stereocenters. The van der Waals surface area contributed by atoms with E-state index in [0.29, 0.717) is 0 Å². The van der Waals surface area contributed by atoms with Crippen LogP contribution in [0.25, 0.3) is 0 Å². The van der Waals surface area contributed by atoms with Gasteiger partial charge < -0.3 is 20.2 Å². The number of carbonyl (C=O) groups is 1. The van der Waals surface area contributed by atoms with Gasteiger partial charge in [-0.05, 0) is 6.42 Å². The third-order valence-electron chi connectivity index (χ3n) is 4.33. The molecule has 0 radical (unpaired) electrons. The van der Waals surface area contributed by atoms with Crippen LogP contribution in [0, 0.1) is 5.41 Å². The Morgan fingerprint density at radius 2 is 2.04 bits per heavy atom. The van der Waals surface area contributed by atoms with Gasteiger partial charge in [-0.3, -0.25) is 4.79 Å². The van der Waals surface area contributed by atoms with Crippen LogP contribution in [-0.4, -0.2) is 60.8 Å². The molecule has 7 nitrogen and oxygen atoms in total. The summed E-state index contributed by atoms with van der Waals surface area (Å²) in [5, 5.41) is 12.3. The maximum absolute atomic E-state index is 13.0. The Morgan fingerprint density at radius 3 is 2.62 bits per heavy atom. The van der Waals surface area contributed by atoms with Gasteiger partial charge >= 0.3 is 6.18 Å². The van der Waals surface area contributed by atoms with E-state index in [4.69, 9.17) is 0 Å². The minimum atomic E-state index is -4.58.